The molecule has 0 aliphatic carbocycles. The Morgan fingerprint density at radius 2 is 1.61 bits per heavy atom. The highest BCUT2D eigenvalue weighted by Crippen LogP contribution is 2.24. The second-order valence-electron chi connectivity index (χ2n) is 8.34. The first kappa shape index (κ1) is 22.3. The van der Waals surface area contributed by atoms with Crippen LogP contribution >= 0.6 is 0 Å². The first-order valence-electron chi connectivity index (χ1n) is 10.9. The molecule has 0 radical (unpaired) electrons. The smallest absolute Gasteiger partial charge is 0.338 e. The zero-order valence-electron chi connectivity index (χ0n) is 19.5. The zero-order chi connectivity index (χ0) is 23.7. The number of nitrogens with one attached hydrogen (secondary N) is 1. The Morgan fingerprint density at radius 3 is 2.27 bits per heavy atom. The number of anilines is 1. The molecule has 1 aromatic heterocycles. The number of para-hydroxylation sites is 1. The number of fused-ring (bicyclic) bond motifs is 1. The van der Waals surface area contributed by atoms with Crippen LogP contribution in [0.4, 0.5) is 5.69 Å². The van der Waals surface area contributed by atoms with Crippen molar-refractivity contribution in [3.63, 3.8) is 0 Å². The molecule has 6 heteroatoms. The Labute approximate surface area is 193 Å². The predicted molar refractivity (Wildman–Crippen MR) is 130 cm³/mol. The highest BCUT2D eigenvalue weighted by molar-refractivity contribution is 5.99. The molecule has 1 atom stereocenters. The van der Waals surface area contributed by atoms with E-state index >= 15 is 0 Å². The minimum absolute atomic E-state index is 0.350. The van der Waals surface area contributed by atoms with Gasteiger partial charge in [-0.15, -0.1) is 0 Å². The molecular formula is C27H27N3O3. The monoisotopic (exact) mass is 441 g/mol. The maximum atomic E-state index is 12.8. The normalized spacial score (nSPS) is 11.9. The van der Waals surface area contributed by atoms with Crippen molar-refractivity contribution in [3.05, 3.63) is 88.7 Å². The van der Waals surface area contributed by atoms with E-state index in [9.17, 15) is 9.59 Å². The van der Waals surface area contributed by atoms with Crippen molar-refractivity contribution in [1.29, 1.82) is 0 Å². The Kier molecular flexibility index (Phi) is 6.01. The highest BCUT2D eigenvalue weighted by Gasteiger charge is 2.21. The molecule has 0 fully saturated rings. The van der Waals surface area contributed by atoms with Crippen LogP contribution in [0.3, 0.4) is 0 Å². The van der Waals surface area contributed by atoms with E-state index in [0.29, 0.717) is 11.1 Å². The van der Waals surface area contributed by atoms with Gasteiger partial charge in [-0.05, 0) is 76.1 Å². The van der Waals surface area contributed by atoms with E-state index in [1.807, 2.05) is 80.8 Å². The van der Waals surface area contributed by atoms with Gasteiger partial charge in [-0.2, -0.15) is 0 Å². The van der Waals surface area contributed by atoms with Gasteiger partial charge in [0.25, 0.3) is 5.91 Å². The van der Waals surface area contributed by atoms with Gasteiger partial charge in [0.05, 0.1) is 16.6 Å². The summed E-state index contributed by atoms with van der Waals surface area (Å²) in [6.07, 6.45) is -0.947. The number of carbonyl (C=O) groups excluding carboxylic acids is 2. The summed E-state index contributed by atoms with van der Waals surface area (Å²) in [4.78, 5) is 30.0. The van der Waals surface area contributed by atoms with Crippen molar-refractivity contribution < 1.29 is 14.3 Å². The lowest BCUT2D eigenvalue weighted by Gasteiger charge is -2.17. The molecule has 1 N–H and O–H groups in total. The largest absolute Gasteiger partial charge is 0.449 e. The van der Waals surface area contributed by atoms with E-state index in [0.717, 1.165) is 39.4 Å². The first-order valence-corrected chi connectivity index (χ1v) is 10.9. The predicted octanol–water partition coefficient (Wildman–Crippen LogP) is 5.44. The third-order valence-electron chi connectivity index (χ3n) is 5.65. The van der Waals surface area contributed by atoms with E-state index in [2.05, 4.69) is 10.3 Å². The van der Waals surface area contributed by atoms with Crippen LogP contribution < -0.4 is 5.32 Å². The van der Waals surface area contributed by atoms with Gasteiger partial charge >= 0.3 is 5.97 Å². The third kappa shape index (κ3) is 4.51. The fourth-order valence-corrected chi connectivity index (χ4v) is 4.11. The van der Waals surface area contributed by atoms with Crippen LogP contribution in [0.15, 0.2) is 60.7 Å². The number of nitrogens with zero attached hydrogens (tertiary/aromatic N) is 2. The quantitative estimate of drug-likeness (QED) is 0.418. The van der Waals surface area contributed by atoms with Crippen LogP contribution in [0.1, 0.15) is 39.8 Å². The van der Waals surface area contributed by atoms with Gasteiger partial charge in [0, 0.05) is 11.4 Å². The average molecular weight is 442 g/mol. The second-order valence-corrected chi connectivity index (χ2v) is 8.34. The number of esters is 1. The van der Waals surface area contributed by atoms with Crippen molar-refractivity contribution >= 4 is 28.6 Å². The third-order valence-corrected chi connectivity index (χ3v) is 5.65. The summed E-state index contributed by atoms with van der Waals surface area (Å²) in [6, 6.07) is 19.2. The summed E-state index contributed by atoms with van der Waals surface area (Å²) < 4.78 is 7.49. The number of imidazole rings is 1. The van der Waals surface area contributed by atoms with Crippen molar-refractivity contribution in [2.45, 2.75) is 40.7 Å². The molecule has 0 bridgehead atoms. The lowest BCUT2D eigenvalue weighted by atomic mass is 10.0. The van der Waals surface area contributed by atoms with Crippen LogP contribution in [-0.2, 0) is 9.53 Å². The molecule has 4 rings (SSSR count). The zero-order valence-corrected chi connectivity index (χ0v) is 19.5. The van der Waals surface area contributed by atoms with E-state index in [1.165, 1.54) is 0 Å². The maximum Gasteiger partial charge on any atom is 0.338 e. The molecule has 0 spiro atoms. The molecule has 0 aliphatic heterocycles. The Balaban J connectivity index is 1.51. The van der Waals surface area contributed by atoms with Gasteiger partial charge in [-0.25, -0.2) is 9.78 Å². The number of amides is 1. The molecule has 1 unspecified atom stereocenters. The number of hydrogen-bond donors (Lipinski definition) is 1. The average Bonchev–Trinajstić information content (AvgIpc) is 3.11. The fraction of sp³-hybridized carbons (Fsp3) is 0.222. The number of aromatic nitrogens is 2. The molecule has 1 amide bonds. The number of ether oxygens (including phenoxy) is 1. The van der Waals surface area contributed by atoms with Crippen molar-refractivity contribution in [3.8, 4) is 5.69 Å². The summed E-state index contributed by atoms with van der Waals surface area (Å²) in [5.41, 5.74) is 6.74. The van der Waals surface area contributed by atoms with E-state index in [1.54, 1.807) is 19.1 Å². The molecule has 33 heavy (non-hydrogen) atoms. The molecule has 4 aromatic rings. The number of hydrogen-bond acceptors (Lipinski definition) is 4. The molecule has 6 nitrogen and oxygen atoms in total. The van der Waals surface area contributed by atoms with Gasteiger partial charge in [0.15, 0.2) is 6.10 Å². The molecule has 0 aliphatic rings. The van der Waals surface area contributed by atoms with Crippen LogP contribution in [-0.4, -0.2) is 27.5 Å². The Bertz CT molecular complexity index is 1330. The summed E-state index contributed by atoms with van der Waals surface area (Å²) in [5, 5.41) is 2.89. The summed E-state index contributed by atoms with van der Waals surface area (Å²) >= 11 is 0. The summed E-state index contributed by atoms with van der Waals surface area (Å²) in [5.74, 6) is -0.120. The Hall–Kier alpha value is -3.93. The number of aryl methyl sites for hydroxylation is 4. The standard InChI is InChI=1S/C27H27N3O3/c1-16-13-17(2)25(18(3)14-16)29-26(31)19(4)33-27(32)21-11-12-24-23(15-21)28-20(5)30(24)22-9-7-6-8-10-22/h6-15,19H,1-5H3,(H,29,31). The number of benzene rings is 3. The molecule has 0 saturated heterocycles. The van der Waals surface area contributed by atoms with E-state index in [4.69, 9.17) is 4.74 Å². The van der Waals surface area contributed by atoms with Gasteiger partial charge in [-0.1, -0.05) is 35.9 Å². The number of carbonyl (C=O) groups is 2. The molecule has 168 valence electrons. The SMILES string of the molecule is Cc1cc(C)c(NC(=O)C(C)OC(=O)c2ccc3c(c2)nc(C)n3-c2ccccc2)c(C)c1. The summed E-state index contributed by atoms with van der Waals surface area (Å²) in [7, 11) is 0. The summed E-state index contributed by atoms with van der Waals surface area (Å²) in [6.45, 7) is 9.39. The van der Waals surface area contributed by atoms with Crippen LogP contribution in [0, 0.1) is 27.7 Å². The minimum atomic E-state index is -0.947. The molecule has 0 saturated carbocycles. The van der Waals surface area contributed by atoms with Gasteiger partial charge < -0.3 is 10.1 Å². The molecule has 1 heterocycles. The van der Waals surface area contributed by atoms with E-state index in [-0.39, 0.29) is 5.91 Å². The number of rotatable bonds is 5. The molecule has 3 aromatic carbocycles. The first-order chi connectivity index (χ1) is 15.7. The Morgan fingerprint density at radius 1 is 0.939 bits per heavy atom. The van der Waals surface area contributed by atoms with Crippen LogP contribution in [0.5, 0.6) is 0 Å². The van der Waals surface area contributed by atoms with Crippen molar-refractivity contribution in [2.24, 2.45) is 0 Å². The maximum absolute atomic E-state index is 12.8. The van der Waals surface area contributed by atoms with Gasteiger partial charge in [0.2, 0.25) is 0 Å². The van der Waals surface area contributed by atoms with Crippen molar-refractivity contribution in [2.75, 3.05) is 5.32 Å². The van der Waals surface area contributed by atoms with Gasteiger partial charge in [0.1, 0.15) is 5.82 Å². The minimum Gasteiger partial charge on any atom is -0.449 e. The lowest BCUT2D eigenvalue weighted by molar-refractivity contribution is -0.123. The topological polar surface area (TPSA) is 73.2 Å². The van der Waals surface area contributed by atoms with Crippen LogP contribution in [0.2, 0.25) is 0 Å². The van der Waals surface area contributed by atoms with E-state index < -0.39 is 12.1 Å². The highest BCUT2D eigenvalue weighted by atomic mass is 16.5. The lowest BCUT2D eigenvalue weighted by Crippen LogP contribution is -2.30. The fourth-order valence-electron chi connectivity index (χ4n) is 4.11. The van der Waals surface area contributed by atoms with Gasteiger partial charge in [-0.3, -0.25) is 9.36 Å². The second kappa shape index (κ2) is 8.90. The van der Waals surface area contributed by atoms with Crippen LogP contribution in [0.25, 0.3) is 16.7 Å². The van der Waals surface area contributed by atoms with Crippen molar-refractivity contribution in [1.82, 2.24) is 9.55 Å². The molecular weight excluding hydrogens is 414 g/mol.